The average Bonchev–Trinajstić information content (AvgIpc) is 2.48. The number of nitrogens with zero attached hydrogens (tertiary/aromatic N) is 2. The molecule has 1 rings (SSSR count). The van der Waals surface area contributed by atoms with Gasteiger partial charge in [-0.15, -0.1) is 0 Å². The molecule has 0 saturated carbocycles. The van der Waals surface area contributed by atoms with Crippen LogP contribution in [0, 0.1) is 11.3 Å². The zero-order chi connectivity index (χ0) is 11.6. The molecule has 0 amide bonds. The molecule has 4 nitrogen and oxygen atoms in total. The van der Waals surface area contributed by atoms with Crippen molar-refractivity contribution in [2.75, 3.05) is 0 Å². The summed E-state index contributed by atoms with van der Waals surface area (Å²) in [5.41, 5.74) is 5.97. The maximum Gasteiger partial charge on any atom is 0.244 e. The molecule has 1 atom stereocenters. The molecule has 0 aliphatic heterocycles. The molecule has 86 valence electrons. The third-order valence-corrected chi connectivity index (χ3v) is 2.27. The lowest BCUT2D eigenvalue weighted by Crippen LogP contribution is -2.26. The minimum Gasteiger partial charge on any atom is -0.338 e. The molecule has 0 fully saturated rings. The van der Waals surface area contributed by atoms with E-state index in [0.717, 1.165) is 12.2 Å². The molecule has 0 spiro atoms. The first kappa shape index (κ1) is 12.2. The minimum absolute atomic E-state index is 0.0539. The Hall–Kier alpha value is -0.900. The van der Waals surface area contributed by atoms with Crippen LogP contribution in [0.5, 0.6) is 0 Å². The molecule has 4 heteroatoms. The fourth-order valence-electron chi connectivity index (χ4n) is 1.21. The highest BCUT2D eigenvalue weighted by Crippen LogP contribution is 2.29. The van der Waals surface area contributed by atoms with Crippen molar-refractivity contribution < 1.29 is 4.52 Å². The quantitative estimate of drug-likeness (QED) is 0.833. The largest absolute Gasteiger partial charge is 0.338 e. The molecular weight excluding hydrogens is 190 g/mol. The van der Waals surface area contributed by atoms with Gasteiger partial charge in [-0.2, -0.15) is 4.98 Å². The molecule has 0 unspecified atom stereocenters. The molecule has 1 heterocycles. The molecule has 0 aliphatic carbocycles. The van der Waals surface area contributed by atoms with E-state index in [1.54, 1.807) is 0 Å². The highest BCUT2D eigenvalue weighted by Gasteiger charge is 2.27. The first-order valence-electron chi connectivity index (χ1n) is 5.38. The van der Waals surface area contributed by atoms with E-state index < -0.39 is 0 Å². The maximum atomic E-state index is 6.02. The molecule has 0 aromatic carbocycles. The van der Waals surface area contributed by atoms with Gasteiger partial charge in [-0.25, -0.2) is 0 Å². The van der Waals surface area contributed by atoms with Crippen molar-refractivity contribution in [1.82, 2.24) is 10.1 Å². The van der Waals surface area contributed by atoms with E-state index in [2.05, 4.69) is 44.8 Å². The van der Waals surface area contributed by atoms with Gasteiger partial charge in [-0.3, -0.25) is 0 Å². The van der Waals surface area contributed by atoms with Crippen LogP contribution in [0.15, 0.2) is 4.52 Å². The fraction of sp³-hybridized carbons (Fsp3) is 0.818. The van der Waals surface area contributed by atoms with Crippen molar-refractivity contribution >= 4 is 0 Å². The van der Waals surface area contributed by atoms with Crippen LogP contribution in [-0.2, 0) is 6.42 Å². The van der Waals surface area contributed by atoms with Crippen LogP contribution in [-0.4, -0.2) is 10.1 Å². The Labute approximate surface area is 91.2 Å². The normalized spacial score (nSPS) is 14.6. The van der Waals surface area contributed by atoms with Gasteiger partial charge in [-0.05, 0) is 11.3 Å². The molecule has 0 bridgehead atoms. The van der Waals surface area contributed by atoms with Gasteiger partial charge in [0.25, 0.3) is 0 Å². The Bertz CT molecular complexity index is 312. The second-order valence-corrected chi connectivity index (χ2v) is 5.49. The van der Waals surface area contributed by atoms with Crippen LogP contribution in [0.3, 0.4) is 0 Å². The van der Waals surface area contributed by atoms with Crippen LogP contribution >= 0.6 is 0 Å². The Morgan fingerprint density at radius 3 is 2.40 bits per heavy atom. The minimum atomic E-state index is -0.203. The van der Waals surface area contributed by atoms with Crippen LogP contribution in [0.25, 0.3) is 0 Å². The zero-order valence-electron chi connectivity index (χ0n) is 10.2. The molecule has 2 N–H and O–H groups in total. The number of hydrogen-bond acceptors (Lipinski definition) is 4. The summed E-state index contributed by atoms with van der Waals surface area (Å²) in [7, 11) is 0. The summed E-state index contributed by atoms with van der Waals surface area (Å²) in [4.78, 5) is 4.31. The fourth-order valence-corrected chi connectivity index (χ4v) is 1.21. The summed E-state index contributed by atoms with van der Waals surface area (Å²) in [6.45, 7) is 10.4. The lowest BCUT2D eigenvalue weighted by molar-refractivity contribution is 0.252. The maximum absolute atomic E-state index is 6.02. The lowest BCUT2D eigenvalue weighted by Gasteiger charge is -2.23. The summed E-state index contributed by atoms with van der Waals surface area (Å²) in [6.07, 6.45) is 0.834. The number of nitrogens with two attached hydrogens (primary N) is 1. The molecular formula is C11H21N3O. The first-order valence-corrected chi connectivity index (χ1v) is 5.38. The van der Waals surface area contributed by atoms with E-state index >= 15 is 0 Å². The summed E-state index contributed by atoms with van der Waals surface area (Å²) in [6, 6.07) is -0.203. The van der Waals surface area contributed by atoms with Gasteiger partial charge in [0.2, 0.25) is 5.89 Å². The van der Waals surface area contributed by atoms with Gasteiger partial charge in [-0.1, -0.05) is 39.8 Å². The van der Waals surface area contributed by atoms with E-state index in [1.807, 2.05) is 0 Å². The van der Waals surface area contributed by atoms with Crippen LogP contribution in [0.1, 0.15) is 52.4 Å². The van der Waals surface area contributed by atoms with Crippen molar-refractivity contribution in [3.05, 3.63) is 11.7 Å². The van der Waals surface area contributed by atoms with Crippen molar-refractivity contribution in [3.8, 4) is 0 Å². The van der Waals surface area contributed by atoms with Gasteiger partial charge in [0, 0.05) is 6.42 Å². The predicted octanol–water partition coefficient (Wildman–Crippen LogP) is 2.31. The van der Waals surface area contributed by atoms with Gasteiger partial charge >= 0.3 is 0 Å². The van der Waals surface area contributed by atoms with E-state index in [4.69, 9.17) is 10.3 Å². The third-order valence-electron chi connectivity index (χ3n) is 2.27. The molecule has 15 heavy (non-hydrogen) atoms. The van der Waals surface area contributed by atoms with Crippen molar-refractivity contribution in [2.24, 2.45) is 17.1 Å². The Morgan fingerprint density at radius 2 is 1.93 bits per heavy atom. The number of rotatable bonds is 3. The SMILES string of the molecule is CC(C)Cc1noc([C@H](N)C(C)(C)C)n1. The molecule has 0 radical (unpaired) electrons. The third kappa shape index (κ3) is 3.30. The monoisotopic (exact) mass is 211 g/mol. The molecule has 0 saturated heterocycles. The molecule has 1 aromatic heterocycles. The summed E-state index contributed by atoms with van der Waals surface area (Å²) < 4.78 is 5.17. The second kappa shape index (κ2) is 4.31. The summed E-state index contributed by atoms with van der Waals surface area (Å²) in [5, 5.41) is 3.92. The van der Waals surface area contributed by atoms with Crippen molar-refractivity contribution in [2.45, 2.75) is 47.1 Å². The molecule has 0 aliphatic rings. The van der Waals surface area contributed by atoms with Crippen molar-refractivity contribution in [1.29, 1.82) is 0 Å². The van der Waals surface area contributed by atoms with Gasteiger partial charge in [0.1, 0.15) is 0 Å². The van der Waals surface area contributed by atoms with Crippen LogP contribution in [0.2, 0.25) is 0 Å². The number of hydrogen-bond donors (Lipinski definition) is 1. The van der Waals surface area contributed by atoms with E-state index in [9.17, 15) is 0 Å². The van der Waals surface area contributed by atoms with E-state index in [0.29, 0.717) is 11.8 Å². The molecule has 1 aromatic rings. The standard InChI is InChI=1S/C11H21N3O/c1-7(2)6-8-13-10(15-14-8)9(12)11(3,4)5/h7,9H,6,12H2,1-5H3/t9-/m0/s1. The van der Waals surface area contributed by atoms with Gasteiger partial charge < -0.3 is 10.3 Å². The van der Waals surface area contributed by atoms with Gasteiger partial charge in [0.05, 0.1) is 6.04 Å². The zero-order valence-corrected chi connectivity index (χ0v) is 10.2. The first-order chi connectivity index (χ1) is 6.80. The van der Waals surface area contributed by atoms with Gasteiger partial charge in [0.15, 0.2) is 5.82 Å². The Kier molecular flexibility index (Phi) is 3.50. The summed E-state index contributed by atoms with van der Waals surface area (Å²) in [5.74, 6) is 1.82. The Morgan fingerprint density at radius 1 is 1.33 bits per heavy atom. The van der Waals surface area contributed by atoms with Crippen LogP contribution in [0.4, 0.5) is 0 Å². The lowest BCUT2D eigenvalue weighted by atomic mass is 9.87. The second-order valence-electron chi connectivity index (χ2n) is 5.49. The summed E-state index contributed by atoms with van der Waals surface area (Å²) >= 11 is 0. The van der Waals surface area contributed by atoms with Crippen LogP contribution < -0.4 is 5.73 Å². The van der Waals surface area contributed by atoms with E-state index in [-0.39, 0.29) is 11.5 Å². The highest BCUT2D eigenvalue weighted by molar-refractivity contribution is 4.96. The topological polar surface area (TPSA) is 64.9 Å². The average molecular weight is 211 g/mol. The number of aromatic nitrogens is 2. The smallest absolute Gasteiger partial charge is 0.244 e. The Balaban J connectivity index is 2.76. The van der Waals surface area contributed by atoms with E-state index in [1.165, 1.54) is 0 Å². The highest BCUT2D eigenvalue weighted by atomic mass is 16.5. The van der Waals surface area contributed by atoms with Crippen molar-refractivity contribution in [3.63, 3.8) is 0 Å². The predicted molar refractivity (Wildman–Crippen MR) is 59.2 cm³/mol.